The smallest absolute Gasteiger partial charge is 0.271 e. The second-order valence-electron chi connectivity index (χ2n) is 4.73. The lowest BCUT2D eigenvalue weighted by molar-refractivity contribution is -0.117. The van der Waals surface area contributed by atoms with Crippen LogP contribution in [0.4, 0.5) is 11.4 Å². The van der Waals surface area contributed by atoms with Gasteiger partial charge in [0.15, 0.2) is 0 Å². The zero-order valence-corrected chi connectivity index (χ0v) is 12.8. The quantitative estimate of drug-likeness (QED) is 0.941. The lowest BCUT2D eigenvalue weighted by Crippen LogP contribution is -2.23. The molecule has 0 atom stereocenters. The van der Waals surface area contributed by atoms with E-state index < -0.39 is 10.0 Å². The van der Waals surface area contributed by atoms with Crippen molar-refractivity contribution in [1.29, 1.82) is 0 Å². The van der Waals surface area contributed by atoms with E-state index in [1.807, 2.05) is 0 Å². The van der Waals surface area contributed by atoms with Gasteiger partial charge >= 0.3 is 0 Å². The number of nitrogens with zero attached hydrogens (tertiary/aromatic N) is 1. The molecule has 2 heterocycles. The molecule has 1 saturated heterocycles. The average Bonchev–Trinajstić information content (AvgIpc) is 3.10. The molecule has 5 nitrogen and oxygen atoms in total. The van der Waals surface area contributed by atoms with Crippen molar-refractivity contribution in [1.82, 2.24) is 0 Å². The molecule has 0 radical (unpaired) electrons. The Morgan fingerprint density at radius 3 is 2.48 bits per heavy atom. The number of benzene rings is 1. The number of hydrogen-bond donors (Lipinski definition) is 1. The third kappa shape index (κ3) is 2.93. The fraction of sp³-hybridized carbons (Fsp3) is 0.214. The van der Waals surface area contributed by atoms with Gasteiger partial charge in [-0.05, 0) is 42.1 Å². The number of sulfonamides is 1. The third-order valence-corrected chi connectivity index (χ3v) is 6.04. The highest BCUT2D eigenvalue weighted by Gasteiger charge is 2.21. The fourth-order valence-corrected chi connectivity index (χ4v) is 4.30. The summed E-state index contributed by atoms with van der Waals surface area (Å²) in [6.45, 7) is 0.721. The number of carbonyl (C=O) groups excluding carboxylic acids is 1. The normalized spacial score (nSPS) is 15.4. The van der Waals surface area contributed by atoms with Crippen LogP contribution in [0.15, 0.2) is 46.0 Å². The van der Waals surface area contributed by atoms with Crippen LogP contribution in [-0.4, -0.2) is 20.9 Å². The van der Waals surface area contributed by atoms with Gasteiger partial charge in [-0.25, -0.2) is 8.42 Å². The standard InChI is InChI=1S/C14H14N2O3S2/c17-13-3-1-9-16(13)12-7-5-11(6-8-12)15-21(18,19)14-4-2-10-20-14/h2,4-8,10,15H,1,3,9H2. The second-order valence-corrected chi connectivity index (χ2v) is 7.59. The molecular formula is C14H14N2O3S2. The molecule has 0 bridgehead atoms. The minimum absolute atomic E-state index is 0.113. The Hall–Kier alpha value is -1.86. The highest BCUT2D eigenvalue weighted by molar-refractivity contribution is 7.94. The highest BCUT2D eigenvalue weighted by Crippen LogP contribution is 2.25. The SMILES string of the molecule is O=C1CCCN1c1ccc(NS(=O)(=O)c2cccs2)cc1. The molecule has 1 fully saturated rings. The molecule has 0 unspecified atom stereocenters. The van der Waals surface area contributed by atoms with Crippen molar-refractivity contribution in [2.75, 3.05) is 16.2 Å². The summed E-state index contributed by atoms with van der Waals surface area (Å²) < 4.78 is 27.0. The van der Waals surface area contributed by atoms with Gasteiger partial charge in [-0.15, -0.1) is 11.3 Å². The monoisotopic (exact) mass is 322 g/mol. The number of thiophene rings is 1. The highest BCUT2D eigenvalue weighted by atomic mass is 32.2. The van der Waals surface area contributed by atoms with Gasteiger partial charge in [-0.1, -0.05) is 6.07 Å². The Morgan fingerprint density at radius 2 is 1.90 bits per heavy atom. The summed E-state index contributed by atoms with van der Waals surface area (Å²) in [5, 5.41) is 1.72. The minimum atomic E-state index is -3.52. The summed E-state index contributed by atoms with van der Waals surface area (Å²) in [6.07, 6.45) is 1.44. The van der Waals surface area contributed by atoms with Crippen LogP contribution in [0.5, 0.6) is 0 Å². The Morgan fingerprint density at radius 1 is 1.14 bits per heavy atom. The molecule has 0 spiro atoms. The largest absolute Gasteiger partial charge is 0.312 e. The van der Waals surface area contributed by atoms with Crippen molar-refractivity contribution in [2.24, 2.45) is 0 Å². The molecule has 1 aliphatic heterocycles. The summed E-state index contributed by atoms with van der Waals surface area (Å²) in [6, 6.07) is 10.1. The van der Waals surface area contributed by atoms with Crippen LogP contribution in [0.1, 0.15) is 12.8 Å². The molecule has 110 valence electrons. The Balaban J connectivity index is 1.77. The van der Waals surface area contributed by atoms with E-state index in [-0.39, 0.29) is 10.1 Å². The number of amides is 1. The van der Waals surface area contributed by atoms with E-state index in [4.69, 9.17) is 0 Å². The third-order valence-electron chi connectivity index (χ3n) is 3.26. The van der Waals surface area contributed by atoms with E-state index in [1.54, 1.807) is 46.7 Å². The van der Waals surface area contributed by atoms with Crippen molar-refractivity contribution < 1.29 is 13.2 Å². The summed E-state index contributed by atoms with van der Waals surface area (Å²) in [7, 11) is -3.52. The van der Waals surface area contributed by atoms with Crippen LogP contribution >= 0.6 is 11.3 Å². The molecule has 2 aromatic rings. The number of hydrogen-bond acceptors (Lipinski definition) is 4. The topological polar surface area (TPSA) is 66.5 Å². The molecule has 0 saturated carbocycles. The lowest BCUT2D eigenvalue weighted by atomic mass is 10.2. The summed E-state index contributed by atoms with van der Waals surface area (Å²) >= 11 is 1.17. The molecule has 3 rings (SSSR count). The van der Waals surface area contributed by atoms with Crippen molar-refractivity contribution in [3.05, 3.63) is 41.8 Å². The summed E-state index contributed by atoms with van der Waals surface area (Å²) in [5.41, 5.74) is 1.29. The van der Waals surface area contributed by atoms with Crippen molar-refractivity contribution in [3.8, 4) is 0 Å². The zero-order chi connectivity index (χ0) is 14.9. The molecule has 21 heavy (non-hydrogen) atoms. The number of rotatable bonds is 4. The van der Waals surface area contributed by atoms with Gasteiger partial charge in [0.25, 0.3) is 10.0 Å². The van der Waals surface area contributed by atoms with E-state index in [0.29, 0.717) is 12.1 Å². The van der Waals surface area contributed by atoms with Gasteiger partial charge in [0.1, 0.15) is 4.21 Å². The van der Waals surface area contributed by atoms with Crippen LogP contribution in [0.25, 0.3) is 0 Å². The predicted molar refractivity (Wildman–Crippen MR) is 83.2 cm³/mol. The van der Waals surface area contributed by atoms with E-state index in [1.165, 1.54) is 11.3 Å². The number of carbonyl (C=O) groups is 1. The molecule has 1 aromatic heterocycles. The molecular weight excluding hydrogens is 308 g/mol. The lowest BCUT2D eigenvalue weighted by Gasteiger charge is -2.16. The molecule has 0 aliphatic carbocycles. The maximum Gasteiger partial charge on any atom is 0.271 e. The van der Waals surface area contributed by atoms with E-state index >= 15 is 0 Å². The Bertz CT molecular complexity index is 737. The molecule has 7 heteroatoms. The Labute approximate surface area is 127 Å². The van der Waals surface area contributed by atoms with Gasteiger partial charge in [0, 0.05) is 24.3 Å². The zero-order valence-electron chi connectivity index (χ0n) is 11.2. The molecule has 1 aromatic carbocycles. The molecule has 1 aliphatic rings. The first-order valence-electron chi connectivity index (χ1n) is 6.53. The number of nitrogens with one attached hydrogen (secondary N) is 1. The first-order valence-corrected chi connectivity index (χ1v) is 8.89. The van der Waals surface area contributed by atoms with Gasteiger partial charge in [-0.3, -0.25) is 9.52 Å². The van der Waals surface area contributed by atoms with Crippen molar-refractivity contribution in [2.45, 2.75) is 17.1 Å². The van der Waals surface area contributed by atoms with Crippen LogP contribution in [0, 0.1) is 0 Å². The van der Waals surface area contributed by atoms with Crippen LogP contribution < -0.4 is 9.62 Å². The van der Waals surface area contributed by atoms with Crippen LogP contribution in [0.2, 0.25) is 0 Å². The van der Waals surface area contributed by atoms with E-state index in [9.17, 15) is 13.2 Å². The second kappa shape index (κ2) is 5.50. The number of anilines is 2. The van der Waals surface area contributed by atoms with Crippen LogP contribution in [0.3, 0.4) is 0 Å². The van der Waals surface area contributed by atoms with Gasteiger partial charge in [0.05, 0.1) is 0 Å². The minimum Gasteiger partial charge on any atom is -0.312 e. The van der Waals surface area contributed by atoms with Crippen LogP contribution in [-0.2, 0) is 14.8 Å². The average molecular weight is 322 g/mol. The first kappa shape index (κ1) is 14.1. The van der Waals surface area contributed by atoms with Crippen molar-refractivity contribution in [3.63, 3.8) is 0 Å². The summed E-state index contributed by atoms with van der Waals surface area (Å²) in [4.78, 5) is 13.4. The van der Waals surface area contributed by atoms with Gasteiger partial charge in [-0.2, -0.15) is 0 Å². The maximum atomic E-state index is 12.1. The van der Waals surface area contributed by atoms with Gasteiger partial charge in [0.2, 0.25) is 5.91 Å². The Kier molecular flexibility index (Phi) is 3.69. The summed E-state index contributed by atoms with van der Waals surface area (Å²) in [5.74, 6) is 0.113. The molecule has 1 amide bonds. The fourth-order valence-electron chi connectivity index (χ4n) is 2.25. The van der Waals surface area contributed by atoms with E-state index in [0.717, 1.165) is 18.7 Å². The van der Waals surface area contributed by atoms with Crippen molar-refractivity contribution >= 4 is 38.6 Å². The van der Waals surface area contributed by atoms with E-state index in [2.05, 4.69) is 4.72 Å². The van der Waals surface area contributed by atoms with Gasteiger partial charge < -0.3 is 4.90 Å². The first-order chi connectivity index (χ1) is 10.1. The maximum absolute atomic E-state index is 12.1. The predicted octanol–water partition coefficient (Wildman–Crippen LogP) is 2.68. The molecule has 1 N–H and O–H groups in total.